The smallest absolute Gasteiger partial charge is 0.0355 e. The fraction of sp³-hybridized carbons (Fsp3) is 0.462. The maximum Gasteiger partial charge on any atom is 0.0355 e. The summed E-state index contributed by atoms with van der Waals surface area (Å²) in [6.45, 7) is 4.10. The first-order valence-corrected chi connectivity index (χ1v) is 5.63. The first-order valence-electron chi connectivity index (χ1n) is 5.63. The van der Waals surface area contributed by atoms with E-state index in [2.05, 4.69) is 29.6 Å². The third kappa shape index (κ3) is 2.45. The van der Waals surface area contributed by atoms with Crippen molar-refractivity contribution in [3.8, 4) is 0 Å². The third-order valence-corrected chi connectivity index (χ3v) is 3.15. The van der Waals surface area contributed by atoms with Gasteiger partial charge in [0.25, 0.3) is 0 Å². The molecular weight excluding hydrogens is 184 g/mol. The van der Waals surface area contributed by atoms with Gasteiger partial charge < -0.3 is 10.7 Å². The van der Waals surface area contributed by atoms with Crippen LogP contribution in [0.25, 0.3) is 0 Å². The summed E-state index contributed by atoms with van der Waals surface area (Å²) >= 11 is 0. The molecule has 80 valence electrons. The quantitative estimate of drug-likeness (QED) is 0.710. The van der Waals surface area contributed by atoms with Crippen molar-refractivity contribution >= 4 is 5.71 Å². The first-order chi connectivity index (χ1) is 7.27. The Labute approximate surface area is 91.2 Å². The maximum absolute atomic E-state index is 7.54. The predicted molar refractivity (Wildman–Crippen MR) is 63.8 cm³/mol. The second kappa shape index (κ2) is 4.58. The van der Waals surface area contributed by atoms with Crippen LogP contribution in [0.5, 0.6) is 0 Å². The zero-order valence-electron chi connectivity index (χ0n) is 9.22. The summed E-state index contributed by atoms with van der Waals surface area (Å²) in [5.41, 5.74) is 3.11. The summed E-state index contributed by atoms with van der Waals surface area (Å²) in [6, 6.07) is 8.51. The molecule has 0 amide bonds. The lowest BCUT2D eigenvalue weighted by Crippen LogP contribution is -2.26. The van der Waals surface area contributed by atoms with E-state index in [9.17, 15) is 0 Å². The molecule has 1 aliphatic rings. The first kappa shape index (κ1) is 10.4. The lowest BCUT2D eigenvalue weighted by Gasteiger charge is -2.23. The van der Waals surface area contributed by atoms with E-state index in [1.165, 1.54) is 18.4 Å². The van der Waals surface area contributed by atoms with Crippen LogP contribution in [0.2, 0.25) is 0 Å². The van der Waals surface area contributed by atoms with E-state index < -0.39 is 0 Å². The predicted octanol–water partition coefficient (Wildman–Crippen LogP) is 2.54. The summed E-state index contributed by atoms with van der Waals surface area (Å²) in [6.07, 6.45) is 2.48. The van der Waals surface area contributed by atoms with Gasteiger partial charge >= 0.3 is 0 Å². The number of piperidine rings is 1. The lowest BCUT2D eigenvalue weighted by molar-refractivity contribution is 0.460. The Morgan fingerprint density at radius 2 is 1.80 bits per heavy atom. The summed E-state index contributed by atoms with van der Waals surface area (Å²) < 4.78 is 0. The number of hydrogen-bond acceptors (Lipinski definition) is 2. The Hall–Kier alpha value is -1.15. The normalized spacial score (nSPS) is 17.7. The molecule has 1 fully saturated rings. The molecule has 1 saturated heterocycles. The van der Waals surface area contributed by atoms with Crippen LogP contribution in [-0.4, -0.2) is 18.8 Å². The van der Waals surface area contributed by atoms with Gasteiger partial charge in [0.05, 0.1) is 0 Å². The average molecular weight is 202 g/mol. The van der Waals surface area contributed by atoms with E-state index in [-0.39, 0.29) is 0 Å². The molecule has 15 heavy (non-hydrogen) atoms. The summed E-state index contributed by atoms with van der Waals surface area (Å²) in [7, 11) is 0. The second-order valence-electron chi connectivity index (χ2n) is 4.27. The minimum atomic E-state index is 0.645. The van der Waals surface area contributed by atoms with Gasteiger partial charge in [-0.1, -0.05) is 24.3 Å². The molecule has 2 heteroatoms. The van der Waals surface area contributed by atoms with Crippen molar-refractivity contribution < 1.29 is 0 Å². The molecule has 2 rings (SSSR count). The number of benzene rings is 1. The fourth-order valence-electron chi connectivity index (χ4n) is 2.16. The van der Waals surface area contributed by atoms with Crippen LogP contribution in [0.1, 0.15) is 36.8 Å². The second-order valence-corrected chi connectivity index (χ2v) is 4.27. The minimum Gasteiger partial charge on any atom is -0.317 e. The van der Waals surface area contributed by atoms with Gasteiger partial charge in [-0.15, -0.1) is 0 Å². The van der Waals surface area contributed by atoms with Gasteiger partial charge in [-0.05, 0) is 49.9 Å². The van der Waals surface area contributed by atoms with Crippen LogP contribution in [0.3, 0.4) is 0 Å². The van der Waals surface area contributed by atoms with Crippen LogP contribution in [0, 0.1) is 5.41 Å². The van der Waals surface area contributed by atoms with Crippen molar-refractivity contribution in [2.24, 2.45) is 0 Å². The number of rotatable bonds is 2. The van der Waals surface area contributed by atoms with Gasteiger partial charge in [0.1, 0.15) is 0 Å². The van der Waals surface area contributed by atoms with Crippen LogP contribution in [0.4, 0.5) is 0 Å². The highest BCUT2D eigenvalue weighted by Crippen LogP contribution is 2.25. The molecule has 0 bridgehead atoms. The van der Waals surface area contributed by atoms with Crippen molar-refractivity contribution in [2.45, 2.75) is 25.7 Å². The van der Waals surface area contributed by atoms with E-state index in [0.29, 0.717) is 11.6 Å². The van der Waals surface area contributed by atoms with Gasteiger partial charge in [-0.2, -0.15) is 0 Å². The van der Waals surface area contributed by atoms with Crippen molar-refractivity contribution in [1.82, 2.24) is 5.32 Å². The molecular formula is C13H18N2. The Morgan fingerprint density at radius 3 is 2.33 bits per heavy atom. The molecule has 0 spiro atoms. The van der Waals surface area contributed by atoms with Crippen LogP contribution in [-0.2, 0) is 0 Å². The highest BCUT2D eigenvalue weighted by molar-refractivity contribution is 5.96. The van der Waals surface area contributed by atoms with E-state index in [1.54, 1.807) is 0 Å². The molecule has 1 aliphatic heterocycles. The fourth-order valence-corrected chi connectivity index (χ4v) is 2.16. The molecule has 1 aromatic rings. The summed E-state index contributed by atoms with van der Waals surface area (Å²) in [5, 5.41) is 10.9. The lowest BCUT2D eigenvalue weighted by atomic mass is 9.89. The van der Waals surface area contributed by atoms with E-state index in [1.807, 2.05) is 6.92 Å². The maximum atomic E-state index is 7.54. The standard InChI is InChI=1S/C13H18N2/c1-10(14)11-2-4-12(5-3-11)13-6-8-15-9-7-13/h2-5,13-15H,6-9H2,1H3. The molecule has 1 aromatic carbocycles. The molecule has 0 atom stereocenters. The Bertz CT molecular complexity index is 334. The Morgan fingerprint density at radius 1 is 1.20 bits per heavy atom. The minimum absolute atomic E-state index is 0.645. The molecule has 2 N–H and O–H groups in total. The van der Waals surface area contributed by atoms with Gasteiger partial charge in [0.15, 0.2) is 0 Å². The Balaban J connectivity index is 2.11. The molecule has 2 nitrogen and oxygen atoms in total. The van der Waals surface area contributed by atoms with Crippen LogP contribution in [0.15, 0.2) is 24.3 Å². The zero-order valence-corrected chi connectivity index (χ0v) is 9.22. The largest absolute Gasteiger partial charge is 0.317 e. The number of nitrogens with one attached hydrogen (secondary N) is 2. The van der Waals surface area contributed by atoms with Crippen molar-refractivity contribution in [3.05, 3.63) is 35.4 Å². The highest BCUT2D eigenvalue weighted by atomic mass is 14.9. The van der Waals surface area contributed by atoms with Crippen LogP contribution < -0.4 is 5.32 Å². The van der Waals surface area contributed by atoms with Crippen molar-refractivity contribution in [2.75, 3.05) is 13.1 Å². The summed E-state index contributed by atoms with van der Waals surface area (Å²) in [4.78, 5) is 0. The molecule has 0 unspecified atom stereocenters. The zero-order chi connectivity index (χ0) is 10.7. The monoisotopic (exact) mass is 202 g/mol. The molecule has 0 radical (unpaired) electrons. The van der Waals surface area contributed by atoms with Crippen molar-refractivity contribution in [1.29, 1.82) is 5.41 Å². The van der Waals surface area contributed by atoms with E-state index >= 15 is 0 Å². The summed E-state index contributed by atoms with van der Waals surface area (Å²) in [5.74, 6) is 0.714. The van der Waals surface area contributed by atoms with E-state index in [4.69, 9.17) is 5.41 Å². The third-order valence-electron chi connectivity index (χ3n) is 3.15. The van der Waals surface area contributed by atoms with Crippen molar-refractivity contribution in [3.63, 3.8) is 0 Å². The molecule has 0 saturated carbocycles. The average Bonchev–Trinajstić information content (AvgIpc) is 2.30. The van der Waals surface area contributed by atoms with Crippen LogP contribution >= 0.6 is 0 Å². The van der Waals surface area contributed by atoms with E-state index in [0.717, 1.165) is 18.7 Å². The molecule has 1 heterocycles. The Kier molecular flexibility index (Phi) is 3.17. The SMILES string of the molecule is CC(=N)c1ccc(C2CCNCC2)cc1. The van der Waals surface area contributed by atoms with Gasteiger partial charge in [-0.25, -0.2) is 0 Å². The van der Waals surface area contributed by atoms with Gasteiger partial charge in [0.2, 0.25) is 0 Å². The number of hydrogen-bond donors (Lipinski definition) is 2. The topological polar surface area (TPSA) is 35.9 Å². The van der Waals surface area contributed by atoms with Gasteiger partial charge in [-0.3, -0.25) is 0 Å². The molecule has 0 aliphatic carbocycles. The molecule has 0 aromatic heterocycles. The highest BCUT2D eigenvalue weighted by Gasteiger charge is 2.14. The van der Waals surface area contributed by atoms with Gasteiger partial charge in [0, 0.05) is 5.71 Å².